The minimum absolute atomic E-state index is 0.0195. The SMILES string of the molecule is CNCC1Oc2ccccc2C1N1CC(C)(C)c2cccc(F)c21. The van der Waals surface area contributed by atoms with Gasteiger partial charge in [-0.15, -0.1) is 0 Å². The quantitative estimate of drug-likeness (QED) is 0.932. The molecule has 2 aromatic carbocycles. The van der Waals surface area contributed by atoms with Crippen LogP contribution in [0.25, 0.3) is 0 Å². The molecule has 0 aliphatic carbocycles. The third kappa shape index (κ3) is 2.20. The molecule has 2 aliphatic rings. The minimum atomic E-state index is -0.148. The highest BCUT2D eigenvalue weighted by Gasteiger charge is 2.46. The fourth-order valence-electron chi connectivity index (χ4n) is 4.16. The summed E-state index contributed by atoms with van der Waals surface area (Å²) in [4.78, 5) is 2.21. The van der Waals surface area contributed by atoms with Crippen LogP contribution >= 0.6 is 0 Å². The molecule has 0 bridgehead atoms. The molecule has 3 nitrogen and oxygen atoms in total. The maximum Gasteiger partial charge on any atom is 0.146 e. The molecule has 0 aromatic heterocycles. The van der Waals surface area contributed by atoms with Crippen molar-refractivity contribution in [3.8, 4) is 5.75 Å². The van der Waals surface area contributed by atoms with Gasteiger partial charge in [-0.05, 0) is 24.7 Å². The lowest BCUT2D eigenvalue weighted by atomic mass is 9.87. The Balaban J connectivity index is 1.84. The molecular formula is C20H23FN2O. The second kappa shape index (κ2) is 5.49. The summed E-state index contributed by atoms with van der Waals surface area (Å²) < 4.78 is 20.9. The molecule has 1 N–H and O–H groups in total. The zero-order valence-corrected chi connectivity index (χ0v) is 14.3. The molecule has 0 radical (unpaired) electrons. The van der Waals surface area contributed by atoms with Crippen LogP contribution < -0.4 is 15.0 Å². The Kier molecular flexibility index (Phi) is 3.53. The Morgan fingerprint density at radius 3 is 2.79 bits per heavy atom. The monoisotopic (exact) mass is 326 g/mol. The van der Waals surface area contributed by atoms with E-state index in [1.807, 2.05) is 37.4 Å². The maximum absolute atomic E-state index is 14.7. The first kappa shape index (κ1) is 15.5. The molecular weight excluding hydrogens is 303 g/mol. The Bertz CT molecular complexity index is 774. The highest BCUT2D eigenvalue weighted by atomic mass is 19.1. The van der Waals surface area contributed by atoms with Crippen molar-refractivity contribution in [1.82, 2.24) is 5.32 Å². The van der Waals surface area contributed by atoms with Crippen LogP contribution in [-0.2, 0) is 5.41 Å². The Morgan fingerprint density at radius 2 is 2.00 bits per heavy atom. The molecule has 2 aliphatic heterocycles. The molecule has 0 fully saturated rings. The lowest BCUT2D eigenvalue weighted by molar-refractivity contribution is 0.200. The van der Waals surface area contributed by atoms with E-state index >= 15 is 0 Å². The Morgan fingerprint density at radius 1 is 1.21 bits per heavy atom. The number of halogens is 1. The van der Waals surface area contributed by atoms with Gasteiger partial charge in [-0.2, -0.15) is 0 Å². The number of nitrogens with one attached hydrogen (secondary N) is 1. The van der Waals surface area contributed by atoms with E-state index in [0.29, 0.717) is 0 Å². The fraction of sp³-hybridized carbons (Fsp3) is 0.400. The third-order valence-corrected chi connectivity index (χ3v) is 5.18. The average Bonchev–Trinajstić information content (AvgIpc) is 3.03. The standard InChI is InChI=1S/C20H23FN2O/c1-20(2)12-23(19-14(20)8-6-9-15(19)21)18-13-7-4-5-10-16(13)24-17(18)11-22-3/h4-10,17-18,22H,11-12H2,1-3H3. The number of ether oxygens (including phenoxy) is 1. The number of rotatable bonds is 3. The summed E-state index contributed by atoms with van der Waals surface area (Å²) in [5, 5.41) is 3.21. The van der Waals surface area contributed by atoms with Crippen LogP contribution in [0.3, 0.4) is 0 Å². The summed E-state index contributed by atoms with van der Waals surface area (Å²) in [6, 6.07) is 13.5. The maximum atomic E-state index is 14.7. The summed E-state index contributed by atoms with van der Waals surface area (Å²) in [5.74, 6) is 0.760. The van der Waals surface area contributed by atoms with Gasteiger partial charge in [0.2, 0.25) is 0 Å². The Labute approximate surface area is 142 Å². The first-order valence-electron chi connectivity index (χ1n) is 8.49. The molecule has 2 heterocycles. The van der Waals surface area contributed by atoms with Gasteiger partial charge in [0.05, 0.1) is 11.7 Å². The molecule has 4 rings (SSSR count). The van der Waals surface area contributed by atoms with Gasteiger partial charge < -0.3 is 15.0 Å². The van der Waals surface area contributed by atoms with E-state index in [4.69, 9.17) is 4.74 Å². The molecule has 0 amide bonds. The van der Waals surface area contributed by atoms with E-state index in [1.54, 1.807) is 6.07 Å². The second-order valence-corrected chi connectivity index (χ2v) is 7.34. The summed E-state index contributed by atoms with van der Waals surface area (Å²) in [6.07, 6.45) is -0.0336. The first-order chi connectivity index (χ1) is 11.5. The zero-order chi connectivity index (χ0) is 16.9. The molecule has 2 aromatic rings. The highest BCUT2D eigenvalue weighted by molar-refractivity contribution is 5.65. The fourth-order valence-corrected chi connectivity index (χ4v) is 4.16. The van der Waals surface area contributed by atoms with Gasteiger partial charge in [0.15, 0.2) is 0 Å². The van der Waals surface area contributed by atoms with E-state index in [0.717, 1.165) is 35.7 Å². The molecule has 2 unspecified atom stereocenters. The molecule has 24 heavy (non-hydrogen) atoms. The summed E-state index contributed by atoms with van der Waals surface area (Å²) in [5.41, 5.74) is 2.87. The topological polar surface area (TPSA) is 24.5 Å². The number of para-hydroxylation sites is 2. The number of hydrogen-bond donors (Lipinski definition) is 1. The molecule has 2 atom stereocenters. The van der Waals surface area contributed by atoms with Gasteiger partial charge in [0.25, 0.3) is 0 Å². The number of benzene rings is 2. The first-order valence-corrected chi connectivity index (χ1v) is 8.49. The van der Waals surface area contributed by atoms with Crippen LogP contribution in [0.2, 0.25) is 0 Å². The molecule has 0 saturated carbocycles. The van der Waals surface area contributed by atoms with Gasteiger partial charge in [-0.1, -0.05) is 44.2 Å². The van der Waals surface area contributed by atoms with Gasteiger partial charge >= 0.3 is 0 Å². The number of anilines is 1. The van der Waals surface area contributed by atoms with Crippen molar-refractivity contribution in [3.63, 3.8) is 0 Å². The van der Waals surface area contributed by atoms with Crippen molar-refractivity contribution in [2.24, 2.45) is 0 Å². The van der Waals surface area contributed by atoms with E-state index < -0.39 is 0 Å². The van der Waals surface area contributed by atoms with Crippen molar-refractivity contribution >= 4 is 5.69 Å². The van der Waals surface area contributed by atoms with E-state index in [9.17, 15) is 4.39 Å². The summed E-state index contributed by atoms with van der Waals surface area (Å²) in [7, 11) is 1.92. The molecule has 126 valence electrons. The lowest BCUT2D eigenvalue weighted by Crippen LogP contribution is -2.41. The second-order valence-electron chi connectivity index (χ2n) is 7.34. The van der Waals surface area contributed by atoms with Crippen LogP contribution in [0.1, 0.15) is 31.0 Å². The van der Waals surface area contributed by atoms with E-state index in [-0.39, 0.29) is 23.4 Å². The van der Waals surface area contributed by atoms with Crippen molar-refractivity contribution < 1.29 is 9.13 Å². The van der Waals surface area contributed by atoms with E-state index in [2.05, 4.69) is 30.1 Å². The van der Waals surface area contributed by atoms with Gasteiger partial charge in [0, 0.05) is 24.1 Å². The zero-order valence-electron chi connectivity index (χ0n) is 14.3. The number of nitrogens with zero attached hydrogens (tertiary/aromatic N) is 1. The summed E-state index contributed by atoms with van der Waals surface area (Å²) >= 11 is 0. The van der Waals surface area contributed by atoms with Crippen LogP contribution in [0.4, 0.5) is 10.1 Å². The summed E-state index contributed by atoms with van der Waals surface area (Å²) in [6.45, 7) is 5.87. The molecule has 0 saturated heterocycles. The van der Waals surface area contributed by atoms with Gasteiger partial charge in [-0.3, -0.25) is 0 Å². The van der Waals surface area contributed by atoms with Gasteiger partial charge in [-0.25, -0.2) is 4.39 Å². The normalized spacial score (nSPS) is 23.8. The number of hydrogen-bond acceptors (Lipinski definition) is 3. The molecule has 0 spiro atoms. The van der Waals surface area contributed by atoms with Crippen LogP contribution in [-0.4, -0.2) is 26.2 Å². The van der Waals surface area contributed by atoms with Crippen molar-refractivity contribution in [3.05, 3.63) is 59.4 Å². The minimum Gasteiger partial charge on any atom is -0.486 e. The average molecular weight is 326 g/mol. The lowest BCUT2D eigenvalue weighted by Gasteiger charge is -2.32. The van der Waals surface area contributed by atoms with Crippen molar-refractivity contribution in [1.29, 1.82) is 0 Å². The van der Waals surface area contributed by atoms with E-state index in [1.165, 1.54) is 0 Å². The number of fused-ring (bicyclic) bond motifs is 2. The Hall–Kier alpha value is -2.07. The molecule has 4 heteroatoms. The third-order valence-electron chi connectivity index (χ3n) is 5.18. The largest absolute Gasteiger partial charge is 0.486 e. The smallest absolute Gasteiger partial charge is 0.146 e. The predicted octanol–water partition coefficient (Wildman–Crippen LogP) is 3.65. The van der Waals surface area contributed by atoms with Gasteiger partial charge in [0.1, 0.15) is 17.7 Å². The highest BCUT2D eigenvalue weighted by Crippen LogP contribution is 2.50. The van der Waals surface area contributed by atoms with Crippen LogP contribution in [0, 0.1) is 5.82 Å². The predicted molar refractivity (Wildman–Crippen MR) is 94.3 cm³/mol. The van der Waals surface area contributed by atoms with Crippen molar-refractivity contribution in [2.45, 2.75) is 31.4 Å². The van der Waals surface area contributed by atoms with Crippen LogP contribution in [0.5, 0.6) is 5.75 Å². The number of likely N-dealkylation sites (N-methyl/N-ethyl adjacent to an activating group) is 1. The van der Waals surface area contributed by atoms with Crippen molar-refractivity contribution in [2.75, 3.05) is 25.0 Å². The van der Waals surface area contributed by atoms with Crippen LogP contribution in [0.15, 0.2) is 42.5 Å².